The van der Waals surface area contributed by atoms with Gasteiger partial charge in [-0.05, 0) is 26.4 Å². The molecule has 100 valence electrons. The molecule has 0 fully saturated rings. The maximum atomic E-state index is 11.3. The minimum atomic E-state index is -0.815. The van der Waals surface area contributed by atoms with Crippen molar-refractivity contribution in [1.82, 2.24) is 15.5 Å². The number of urea groups is 1. The van der Waals surface area contributed by atoms with Crippen LogP contribution in [0.25, 0.3) is 0 Å². The summed E-state index contributed by atoms with van der Waals surface area (Å²) in [5.41, 5.74) is 4.86. The summed E-state index contributed by atoms with van der Waals surface area (Å²) in [6.45, 7) is 9.60. The van der Waals surface area contributed by atoms with Crippen LogP contribution in [0.3, 0.4) is 0 Å². The van der Waals surface area contributed by atoms with Gasteiger partial charge >= 0.3 is 6.03 Å². The van der Waals surface area contributed by atoms with Crippen LogP contribution < -0.4 is 16.4 Å². The Balaban J connectivity index is 3.79. The third kappa shape index (κ3) is 7.70. The van der Waals surface area contributed by atoms with Crippen LogP contribution in [0.5, 0.6) is 0 Å². The molecule has 0 aromatic rings. The molecule has 17 heavy (non-hydrogen) atoms. The molecule has 0 heterocycles. The zero-order valence-corrected chi connectivity index (χ0v) is 11.0. The number of carbonyl (C=O) groups is 2. The predicted octanol–water partition coefficient (Wildman–Crippen LogP) is -0.109. The second-order valence-corrected chi connectivity index (χ2v) is 3.96. The zero-order valence-electron chi connectivity index (χ0n) is 11.0. The molecule has 0 aromatic carbocycles. The van der Waals surface area contributed by atoms with E-state index in [1.165, 1.54) is 0 Å². The molecule has 6 nitrogen and oxygen atoms in total. The van der Waals surface area contributed by atoms with E-state index in [0.717, 1.165) is 26.1 Å². The Labute approximate surface area is 103 Å². The van der Waals surface area contributed by atoms with Crippen LogP contribution >= 0.6 is 0 Å². The summed E-state index contributed by atoms with van der Waals surface area (Å²) in [5.74, 6) is -0.393. The molecule has 0 spiro atoms. The quantitative estimate of drug-likeness (QED) is 0.556. The van der Waals surface area contributed by atoms with Crippen LogP contribution in [0, 0.1) is 0 Å². The number of hydrogen-bond acceptors (Lipinski definition) is 4. The highest BCUT2D eigenvalue weighted by Crippen LogP contribution is 1.90. The largest absolute Gasteiger partial charge is 0.351 e. The number of nitrogens with two attached hydrogens (primary N) is 1. The number of nitrogens with one attached hydrogen (secondary N) is 2. The fourth-order valence-corrected chi connectivity index (χ4v) is 1.51. The van der Waals surface area contributed by atoms with Gasteiger partial charge in [0.25, 0.3) is 0 Å². The molecule has 4 N–H and O–H groups in total. The molecule has 6 heteroatoms. The maximum Gasteiger partial charge on any atom is 0.318 e. The Morgan fingerprint density at radius 1 is 1.29 bits per heavy atom. The first-order chi connectivity index (χ1) is 8.01. The van der Waals surface area contributed by atoms with Crippen molar-refractivity contribution in [1.29, 1.82) is 0 Å². The molecule has 0 radical (unpaired) electrons. The van der Waals surface area contributed by atoms with Crippen LogP contribution in [0.15, 0.2) is 0 Å². The first kappa shape index (κ1) is 15.9. The fourth-order valence-electron chi connectivity index (χ4n) is 1.51. The SMILES string of the molecule is CCCN(CC)CCNC(C)C(=O)NC(N)=O. The van der Waals surface area contributed by atoms with Gasteiger partial charge in [0.15, 0.2) is 0 Å². The van der Waals surface area contributed by atoms with Crippen LogP contribution in [0.1, 0.15) is 27.2 Å². The first-order valence-electron chi connectivity index (χ1n) is 6.07. The smallest absolute Gasteiger partial charge is 0.318 e. The van der Waals surface area contributed by atoms with Gasteiger partial charge in [0.1, 0.15) is 0 Å². The van der Waals surface area contributed by atoms with Crippen molar-refractivity contribution in [2.24, 2.45) is 5.73 Å². The first-order valence-corrected chi connectivity index (χ1v) is 6.07. The lowest BCUT2D eigenvalue weighted by Crippen LogP contribution is -2.48. The highest BCUT2D eigenvalue weighted by Gasteiger charge is 2.13. The molecule has 0 aliphatic rings. The summed E-state index contributed by atoms with van der Waals surface area (Å²) in [6.07, 6.45) is 1.12. The van der Waals surface area contributed by atoms with Crippen LogP contribution in [0.4, 0.5) is 4.79 Å². The predicted molar refractivity (Wildman–Crippen MR) is 67.6 cm³/mol. The van der Waals surface area contributed by atoms with E-state index in [-0.39, 0.29) is 0 Å². The number of likely N-dealkylation sites (N-methyl/N-ethyl adjacent to an activating group) is 1. The van der Waals surface area contributed by atoms with Gasteiger partial charge in [0.2, 0.25) is 5.91 Å². The molecule has 1 atom stereocenters. The zero-order chi connectivity index (χ0) is 13.3. The van der Waals surface area contributed by atoms with Crippen molar-refractivity contribution in [3.05, 3.63) is 0 Å². The van der Waals surface area contributed by atoms with E-state index in [4.69, 9.17) is 5.73 Å². The number of rotatable bonds is 8. The van der Waals surface area contributed by atoms with Gasteiger partial charge in [-0.1, -0.05) is 13.8 Å². The van der Waals surface area contributed by atoms with E-state index < -0.39 is 18.0 Å². The van der Waals surface area contributed by atoms with Gasteiger partial charge in [0.05, 0.1) is 6.04 Å². The van der Waals surface area contributed by atoms with Crippen molar-refractivity contribution in [3.63, 3.8) is 0 Å². The van der Waals surface area contributed by atoms with Crippen LogP contribution in [-0.2, 0) is 4.79 Å². The lowest BCUT2D eigenvalue weighted by atomic mass is 10.3. The van der Waals surface area contributed by atoms with Crippen molar-refractivity contribution < 1.29 is 9.59 Å². The van der Waals surface area contributed by atoms with E-state index in [9.17, 15) is 9.59 Å². The van der Waals surface area contributed by atoms with E-state index in [0.29, 0.717) is 6.54 Å². The number of primary amides is 1. The van der Waals surface area contributed by atoms with Crippen LogP contribution in [-0.4, -0.2) is 49.1 Å². The number of hydrogen-bond donors (Lipinski definition) is 3. The molecule has 0 rings (SSSR count). The number of nitrogens with zero attached hydrogens (tertiary/aromatic N) is 1. The normalized spacial score (nSPS) is 12.5. The average Bonchev–Trinajstić information content (AvgIpc) is 2.26. The Morgan fingerprint density at radius 3 is 2.41 bits per heavy atom. The maximum absolute atomic E-state index is 11.3. The Hall–Kier alpha value is -1.14. The van der Waals surface area contributed by atoms with E-state index in [2.05, 4.69) is 24.1 Å². The number of carbonyl (C=O) groups excluding carboxylic acids is 2. The minimum absolute atomic E-state index is 0.393. The second-order valence-electron chi connectivity index (χ2n) is 3.96. The molecular weight excluding hydrogens is 220 g/mol. The number of amides is 3. The summed E-state index contributed by atoms with van der Waals surface area (Å²) < 4.78 is 0. The summed E-state index contributed by atoms with van der Waals surface area (Å²) >= 11 is 0. The fraction of sp³-hybridized carbons (Fsp3) is 0.818. The highest BCUT2D eigenvalue weighted by atomic mass is 16.2. The van der Waals surface area contributed by atoms with Crippen molar-refractivity contribution in [2.45, 2.75) is 33.2 Å². The Morgan fingerprint density at radius 2 is 1.94 bits per heavy atom. The molecular formula is C11H24N4O2. The standard InChI is InChI=1S/C11H24N4O2/c1-4-7-15(5-2)8-6-13-9(3)10(16)14-11(12)17/h9,13H,4-8H2,1-3H3,(H3,12,14,16,17). The van der Waals surface area contributed by atoms with Gasteiger partial charge in [-0.3, -0.25) is 10.1 Å². The monoisotopic (exact) mass is 244 g/mol. The molecule has 0 aromatic heterocycles. The molecule has 3 amide bonds. The van der Waals surface area contributed by atoms with E-state index >= 15 is 0 Å². The van der Waals surface area contributed by atoms with Gasteiger partial charge in [-0.2, -0.15) is 0 Å². The molecule has 0 bridgehead atoms. The van der Waals surface area contributed by atoms with E-state index in [1.807, 2.05) is 5.32 Å². The van der Waals surface area contributed by atoms with Gasteiger partial charge in [-0.15, -0.1) is 0 Å². The Kier molecular flexibility index (Phi) is 8.35. The molecule has 0 saturated carbocycles. The minimum Gasteiger partial charge on any atom is -0.351 e. The van der Waals surface area contributed by atoms with Gasteiger partial charge < -0.3 is 16.0 Å². The third-order valence-electron chi connectivity index (χ3n) is 2.51. The van der Waals surface area contributed by atoms with Crippen LogP contribution in [0.2, 0.25) is 0 Å². The summed E-state index contributed by atoms with van der Waals surface area (Å²) in [4.78, 5) is 24.1. The molecule has 1 unspecified atom stereocenters. The number of imide groups is 1. The second kappa shape index (κ2) is 8.95. The highest BCUT2D eigenvalue weighted by molar-refractivity contribution is 5.96. The van der Waals surface area contributed by atoms with Crippen molar-refractivity contribution >= 4 is 11.9 Å². The van der Waals surface area contributed by atoms with E-state index in [1.54, 1.807) is 6.92 Å². The summed E-state index contributed by atoms with van der Waals surface area (Å²) in [7, 11) is 0. The molecule has 0 aliphatic carbocycles. The lowest BCUT2D eigenvalue weighted by molar-refractivity contribution is -0.121. The van der Waals surface area contributed by atoms with Crippen molar-refractivity contribution in [3.8, 4) is 0 Å². The molecule has 0 aliphatic heterocycles. The van der Waals surface area contributed by atoms with Gasteiger partial charge in [-0.25, -0.2) is 4.79 Å². The van der Waals surface area contributed by atoms with Gasteiger partial charge in [0, 0.05) is 13.1 Å². The topological polar surface area (TPSA) is 87.5 Å². The summed E-state index contributed by atoms with van der Waals surface area (Å²) in [5, 5.41) is 5.09. The lowest BCUT2D eigenvalue weighted by Gasteiger charge is -2.21. The Bertz CT molecular complexity index is 246. The summed E-state index contributed by atoms with van der Waals surface area (Å²) in [6, 6.07) is -1.23. The third-order valence-corrected chi connectivity index (χ3v) is 2.51. The van der Waals surface area contributed by atoms with Crippen molar-refractivity contribution in [2.75, 3.05) is 26.2 Å². The average molecular weight is 244 g/mol. The molecule has 0 saturated heterocycles.